The van der Waals surface area contributed by atoms with E-state index in [0.29, 0.717) is 0 Å². The van der Waals surface area contributed by atoms with Gasteiger partial charge in [-0.1, -0.05) is 30.3 Å². The van der Waals surface area contributed by atoms with Crippen molar-refractivity contribution in [3.05, 3.63) is 35.9 Å². The van der Waals surface area contributed by atoms with Crippen molar-refractivity contribution in [2.45, 2.75) is 39.0 Å². The number of carbonyl (C=O) groups is 2. The van der Waals surface area contributed by atoms with Crippen LogP contribution < -0.4 is 5.32 Å². The van der Waals surface area contributed by atoms with Crippen molar-refractivity contribution >= 4 is 12.1 Å². The van der Waals surface area contributed by atoms with E-state index in [2.05, 4.69) is 5.32 Å². The summed E-state index contributed by atoms with van der Waals surface area (Å²) in [6.45, 7) is 4.98. The number of nitrogens with one attached hydrogen (secondary N) is 1. The van der Waals surface area contributed by atoms with Crippen molar-refractivity contribution in [2.24, 2.45) is 0 Å². The van der Waals surface area contributed by atoms with Gasteiger partial charge in [0.15, 0.2) is 0 Å². The molecule has 1 unspecified atom stereocenters. The molecule has 0 bridgehead atoms. The first-order valence-corrected chi connectivity index (χ1v) is 6.58. The second-order valence-corrected chi connectivity index (χ2v) is 5.50. The van der Waals surface area contributed by atoms with Gasteiger partial charge < -0.3 is 14.8 Å². The molecule has 116 valence electrons. The number of rotatable bonds is 6. The summed E-state index contributed by atoms with van der Waals surface area (Å²) in [7, 11) is 0. The molecule has 1 amide bonds. The maximum atomic E-state index is 12.9. The molecule has 5 nitrogen and oxygen atoms in total. The number of halogens is 1. The summed E-state index contributed by atoms with van der Waals surface area (Å²) in [6.07, 6.45) is -0.859. The van der Waals surface area contributed by atoms with Crippen LogP contribution in [0.5, 0.6) is 0 Å². The van der Waals surface area contributed by atoms with Crippen molar-refractivity contribution in [1.82, 2.24) is 5.32 Å². The average molecular weight is 297 g/mol. The maximum absolute atomic E-state index is 12.9. The van der Waals surface area contributed by atoms with Gasteiger partial charge in [0, 0.05) is 0 Å². The molecule has 0 aliphatic heterocycles. The van der Waals surface area contributed by atoms with Gasteiger partial charge in [-0.05, 0) is 26.3 Å². The average Bonchev–Trinajstić information content (AvgIpc) is 2.36. The van der Waals surface area contributed by atoms with Crippen molar-refractivity contribution in [3.8, 4) is 0 Å². The van der Waals surface area contributed by atoms with Gasteiger partial charge in [-0.2, -0.15) is 4.39 Å². The minimum atomic E-state index is -1.67. The van der Waals surface area contributed by atoms with Crippen LogP contribution in [0.15, 0.2) is 30.3 Å². The fourth-order valence-corrected chi connectivity index (χ4v) is 1.48. The lowest BCUT2D eigenvalue weighted by molar-refractivity contribution is -0.133. The largest absolute Gasteiger partial charge is 0.444 e. The van der Waals surface area contributed by atoms with Gasteiger partial charge in [0.1, 0.15) is 11.6 Å². The quantitative estimate of drug-likeness (QED) is 0.820. The summed E-state index contributed by atoms with van der Waals surface area (Å²) in [5.41, 5.74) is 0.165. The van der Waals surface area contributed by atoms with Gasteiger partial charge in [-0.15, -0.1) is 0 Å². The molecule has 0 fully saturated rings. The van der Waals surface area contributed by atoms with E-state index in [4.69, 9.17) is 9.47 Å². The van der Waals surface area contributed by atoms with E-state index in [9.17, 15) is 14.0 Å². The molecule has 1 rings (SSSR count). The van der Waals surface area contributed by atoms with Crippen LogP contribution >= 0.6 is 0 Å². The third-order valence-corrected chi connectivity index (χ3v) is 2.36. The van der Waals surface area contributed by atoms with E-state index in [1.54, 1.807) is 20.8 Å². The van der Waals surface area contributed by atoms with E-state index in [1.165, 1.54) is 0 Å². The monoisotopic (exact) mass is 297 g/mol. The molecule has 1 aromatic rings. The normalized spacial score (nSPS) is 12.6. The Hall–Kier alpha value is -1.95. The van der Waals surface area contributed by atoms with Crippen molar-refractivity contribution in [2.75, 3.05) is 6.61 Å². The highest BCUT2D eigenvalue weighted by atomic mass is 19.1. The summed E-state index contributed by atoms with van der Waals surface area (Å²) in [6, 6.07) is 6.19. The minimum Gasteiger partial charge on any atom is -0.444 e. The Balaban J connectivity index is 2.43. The molecule has 0 aliphatic carbocycles. The van der Waals surface area contributed by atoms with E-state index in [1.807, 2.05) is 30.3 Å². The third kappa shape index (κ3) is 7.41. The first-order chi connectivity index (χ1) is 9.78. The molecule has 21 heavy (non-hydrogen) atoms. The molecule has 1 aromatic carbocycles. The lowest BCUT2D eigenvalue weighted by Crippen LogP contribution is -2.44. The second kappa shape index (κ2) is 7.73. The Kier molecular flexibility index (Phi) is 6.30. The highest BCUT2D eigenvalue weighted by molar-refractivity contribution is 5.80. The number of carbonyl (C=O) groups excluding carboxylic acids is 2. The third-order valence-electron chi connectivity index (χ3n) is 2.36. The van der Waals surface area contributed by atoms with E-state index in [0.717, 1.165) is 5.56 Å². The van der Waals surface area contributed by atoms with Gasteiger partial charge in [0.2, 0.25) is 0 Å². The van der Waals surface area contributed by atoms with Crippen LogP contribution in [0.2, 0.25) is 0 Å². The second-order valence-electron chi connectivity index (χ2n) is 5.50. The van der Waals surface area contributed by atoms with Crippen LogP contribution in [-0.2, 0) is 20.9 Å². The Bertz CT molecular complexity index is 470. The summed E-state index contributed by atoms with van der Waals surface area (Å²) in [5.74, 6) is 0. The van der Waals surface area contributed by atoms with E-state index >= 15 is 0 Å². The van der Waals surface area contributed by atoms with Crippen molar-refractivity contribution in [3.63, 3.8) is 0 Å². The van der Waals surface area contributed by atoms with Gasteiger partial charge in [0.05, 0.1) is 13.2 Å². The highest BCUT2D eigenvalue weighted by Gasteiger charge is 2.24. The molecule has 0 spiro atoms. The van der Waals surface area contributed by atoms with E-state index < -0.39 is 23.8 Å². The van der Waals surface area contributed by atoms with Gasteiger partial charge in [0.25, 0.3) is 0 Å². The zero-order valence-corrected chi connectivity index (χ0v) is 12.4. The topological polar surface area (TPSA) is 64.6 Å². The molecule has 0 radical (unpaired) electrons. The number of benzene rings is 1. The maximum Gasteiger partial charge on any atom is 0.408 e. The van der Waals surface area contributed by atoms with Crippen molar-refractivity contribution in [1.29, 1.82) is 0 Å². The molecule has 0 saturated carbocycles. The molecule has 0 heterocycles. The molecule has 1 N–H and O–H groups in total. The number of hydrogen-bond acceptors (Lipinski definition) is 4. The molecule has 0 aliphatic rings. The number of ether oxygens (including phenoxy) is 2. The number of amides is 1. The molecule has 6 heteroatoms. The first kappa shape index (κ1) is 17.1. The smallest absolute Gasteiger partial charge is 0.408 e. The fraction of sp³-hybridized carbons (Fsp3) is 0.467. The molecular weight excluding hydrogens is 277 g/mol. The highest BCUT2D eigenvalue weighted by Crippen LogP contribution is 2.07. The lowest BCUT2D eigenvalue weighted by Gasteiger charge is -2.21. The van der Waals surface area contributed by atoms with Crippen LogP contribution in [0.3, 0.4) is 0 Å². The number of alkyl carbamates (subject to hydrolysis) is 1. The zero-order chi connectivity index (χ0) is 15.9. The number of hydrogen-bond donors (Lipinski definition) is 1. The minimum absolute atomic E-state index is 0.223. The van der Waals surface area contributed by atoms with Crippen LogP contribution in [0, 0.1) is 0 Å². The Morgan fingerprint density at radius 1 is 1.24 bits per heavy atom. The van der Waals surface area contributed by atoms with Gasteiger partial charge in [-0.3, -0.25) is 4.79 Å². The molecule has 0 saturated heterocycles. The van der Waals surface area contributed by atoms with Gasteiger partial charge in [-0.25, -0.2) is 4.79 Å². The molecule has 0 aromatic heterocycles. The van der Waals surface area contributed by atoms with Crippen LogP contribution in [0.1, 0.15) is 26.3 Å². The summed E-state index contributed by atoms with van der Waals surface area (Å²) >= 11 is 0. The Labute approximate surface area is 123 Å². The van der Waals surface area contributed by atoms with Crippen LogP contribution in [0.25, 0.3) is 0 Å². The first-order valence-electron chi connectivity index (χ1n) is 6.58. The zero-order valence-electron chi connectivity index (χ0n) is 12.4. The Morgan fingerprint density at radius 2 is 1.86 bits per heavy atom. The van der Waals surface area contributed by atoms with Crippen LogP contribution in [-0.4, -0.2) is 30.4 Å². The summed E-state index contributed by atoms with van der Waals surface area (Å²) in [4.78, 5) is 22.4. The van der Waals surface area contributed by atoms with Gasteiger partial charge >= 0.3 is 12.1 Å². The standard InChI is InChI=1S/C15H20FNO4/c1-15(2,3)21-14(19)17-12(13(16)18)10-20-9-11-7-5-4-6-8-11/h4-8,12H,9-10H2,1-3H3,(H,17,19). The summed E-state index contributed by atoms with van der Waals surface area (Å²) < 4.78 is 23.1. The van der Waals surface area contributed by atoms with E-state index in [-0.39, 0.29) is 13.2 Å². The molecular formula is C15H20FNO4. The lowest BCUT2D eigenvalue weighted by atomic mass is 10.2. The predicted molar refractivity (Wildman–Crippen MR) is 75.4 cm³/mol. The van der Waals surface area contributed by atoms with Crippen LogP contribution in [0.4, 0.5) is 9.18 Å². The Morgan fingerprint density at radius 3 is 2.38 bits per heavy atom. The molecule has 1 atom stereocenters. The fourth-order valence-electron chi connectivity index (χ4n) is 1.48. The SMILES string of the molecule is CC(C)(C)OC(=O)NC(COCc1ccccc1)C(=O)F. The summed E-state index contributed by atoms with van der Waals surface area (Å²) in [5, 5.41) is 2.15. The van der Waals surface area contributed by atoms with Crippen molar-refractivity contribution < 1.29 is 23.5 Å². The predicted octanol–water partition coefficient (Wildman–Crippen LogP) is 2.59.